The first-order valence-electron chi connectivity index (χ1n) is 10.4. The van der Waals surface area contributed by atoms with Gasteiger partial charge in [-0.3, -0.25) is 4.79 Å². The van der Waals surface area contributed by atoms with Crippen molar-refractivity contribution in [2.75, 3.05) is 7.11 Å². The number of methoxy groups -OCH3 is 1. The van der Waals surface area contributed by atoms with Crippen LogP contribution in [-0.4, -0.2) is 23.6 Å². The third-order valence-electron chi connectivity index (χ3n) is 6.51. The Kier molecular flexibility index (Phi) is 4.66. The van der Waals surface area contributed by atoms with Gasteiger partial charge in [-0.25, -0.2) is 0 Å². The molecule has 5 nitrogen and oxygen atoms in total. The molecule has 3 aromatic rings. The minimum atomic E-state index is -0.150. The fourth-order valence-corrected chi connectivity index (χ4v) is 4.95. The van der Waals surface area contributed by atoms with E-state index in [1.54, 1.807) is 7.11 Å². The molecule has 1 saturated carbocycles. The highest BCUT2D eigenvalue weighted by Gasteiger charge is 2.46. The summed E-state index contributed by atoms with van der Waals surface area (Å²) in [6.45, 7) is 2.00. The van der Waals surface area contributed by atoms with Gasteiger partial charge in [0.05, 0.1) is 19.6 Å². The highest BCUT2D eigenvalue weighted by atomic mass is 35.5. The summed E-state index contributed by atoms with van der Waals surface area (Å²) in [6.07, 6.45) is 4.32. The zero-order chi connectivity index (χ0) is 20.9. The number of fused-ring (bicyclic) bond motifs is 2. The van der Waals surface area contributed by atoms with Gasteiger partial charge >= 0.3 is 0 Å². The molecular formula is C24H25ClN2O3. The third-order valence-corrected chi connectivity index (χ3v) is 6.75. The summed E-state index contributed by atoms with van der Waals surface area (Å²) in [5, 5.41) is 4.94. The van der Waals surface area contributed by atoms with E-state index in [1.165, 1.54) is 6.42 Å². The van der Waals surface area contributed by atoms with Gasteiger partial charge in [0.15, 0.2) is 0 Å². The lowest BCUT2D eigenvalue weighted by atomic mass is 9.73. The molecular weight excluding hydrogens is 400 g/mol. The molecule has 1 aromatic heterocycles. The van der Waals surface area contributed by atoms with E-state index < -0.39 is 0 Å². The Morgan fingerprint density at radius 1 is 1.30 bits per heavy atom. The molecule has 1 aliphatic heterocycles. The van der Waals surface area contributed by atoms with Crippen molar-refractivity contribution in [3.63, 3.8) is 0 Å². The molecule has 2 N–H and O–H groups in total. The van der Waals surface area contributed by atoms with E-state index in [1.807, 2.05) is 43.3 Å². The van der Waals surface area contributed by atoms with Crippen LogP contribution in [0.3, 0.4) is 0 Å². The van der Waals surface area contributed by atoms with Crippen molar-refractivity contribution in [3.8, 4) is 11.5 Å². The van der Waals surface area contributed by atoms with Crippen molar-refractivity contribution in [2.24, 2.45) is 0 Å². The molecule has 5 rings (SSSR count). The Bertz CT molecular complexity index is 1130. The number of ether oxygens (including phenoxy) is 2. The van der Waals surface area contributed by atoms with Crippen molar-refractivity contribution in [1.82, 2.24) is 10.3 Å². The Labute approximate surface area is 180 Å². The van der Waals surface area contributed by atoms with Crippen LogP contribution in [-0.2, 0) is 11.2 Å². The molecule has 2 aromatic carbocycles. The number of carbonyl (C=O) groups is 1. The van der Waals surface area contributed by atoms with Gasteiger partial charge in [-0.2, -0.15) is 0 Å². The number of H-pyrrole nitrogens is 1. The van der Waals surface area contributed by atoms with Crippen molar-refractivity contribution in [3.05, 3.63) is 58.2 Å². The standard InChI is InChI=1S/C24H25ClN2O3/c1-14-17(18-11-16(29-2)5-6-20(18)26-14)12-23(28)27-21-13-24(8-3-9-24)30-22-7-4-15(25)10-19(21)22/h4-7,10-11,21,26H,3,8-9,12-13H2,1-2H3,(H,27,28). The predicted molar refractivity (Wildman–Crippen MR) is 117 cm³/mol. The number of rotatable bonds is 4. The van der Waals surface area contributed by atoms with Gasteiger partial charge in [0.1, 0.15) is 17.1 Å². The van der Waals surface area contributed by atoms with E-state index in [0.29, 0.717) is 11.4 Å². The molecule has 30 heavy (non-hydrogen) atoms. The summed E-state index contributed by atoms with van der Waals surface area (Å²) in [7, 11) is 1.65. The fourth-order valence-electron chi connectivity index (χ4n) is 4.77. The van der Waals surface area contributed by atoms with Crippen LogP contribution < -0.4 is 14.8 Å². The Morgan fingerprint density at radius 3 is 2.87 bits per heavy atom. The summed E-state index contributed by atoms with van der Waals surface area (Å²) in [4.78, 5) is 16.5. The normalized spacial score (nSPS) is 19.1. The maximum Gasteiger partial charge on any atom is 0.224 e. The van der Waals surface area contributed by atoms with E-state index >= 15 is 0 Å². The van der Waals surface area contributed by atoms with Gasteiger partial charge in [-0.1, -0.05) is 11.6 Å². The Morgan fingerprint density at radius 2 is 2.13 bits per heavy atom. The van der Waals surface area contributed by atoms with Crippen LogP contribution in [0.25, 0.3) is 10.9 Å². The van der Waals surface area contributed by atoms with Crippen LogP contribution in [0.4, 0.5) is 0 Å². The minimum Gasteiger partial charge on any atom is -0.497 e. The van der Waals surface area contributed by atoms with E-state index in [4.69, 9.17) is 21.1 Å². The Balaban J connectivity index is 1.41. The topological polar surface area (TPSA) is 63.4 Å². The second-order valence-electron chi connectivity index (χ2n) is 8.46. The number of carbonyl (C=O) groups excluding carboxylic acids is 1. The molecule has 0 bridgehead atoms. The van der Waals surface area contributed by atoms with Crippen LogP contribution in [0.1, 0.15) is 48.5 Å². The lowest BCUT2D eigenvalue weighted by molar-refractivity contribution is -0.122. The molecule has 156 valence electrons. The SMILES string of the molecule is COc1ccc2[nH]c(C)c(CC(=O)NC3CC4(CCC4)Oc4ccc(Cl)cc43)c2c1. The van der Waals surface area contributed by atoms with Gasteiger partial charge in [0.25, 0.3) is 0 Å². The van der Waals surface area contributed by atoms with E-state index in [0.717, 1.165) is 58.5 Å². The molecule has 1 spiro atoms. The number of aryl methyl sites for hydroxylation is 1. The highest BCUT2D eigenvalue weighted by molar-refractivity contribution is 6.30. The van der Waals surface area contributed by atoms with E-state index in [9.17, 15) is 4.79 Å². The fraction of sp³-hybridized carbons (Fsp3) is 0.375. The lowest BCUT2D eigenvalue weighted by Gasteiger charge is -2.48. The molecule has 1 aliphatic carbocycles. The molecule has 2 aliphatic rings. The maximum atomic E-state index is 13.1. The van der Waals surface area contributed by atoms with Crippen molar-refractivity contribution < 1.29 is 14.3 Å². The quantitative estimate of drug-likeness (QED) is 0.601. The number of aromatic amines is 1. The van der Waals surface area contributed by atoms with Gasteiger partial charge in [-0.15, -0.1) is 0 Å². The minimum absolute atomic E-state index is 0.00545. The van der Waals surface area contributed by atoms with Crippen LogP contribution in [0.15, 0.2) is 36.4 Å². The largest absolute Gasteiger partial charge is 0.497 e. The summed E-state index contributed by atoms with van der Waals surface area (Å²) >= 11 is 6.24. The number of hydrogen-bond donors (Lipinski definition) is 2. The monoisotopic (exact) mass is 424 g/mol. The highest BCUT2D eigenvalue weighted by Crippen LogP contribution is 2.49. The van der Waals surface area contributed by atoms with Gasteiger partial charge in [-0.05, 0) is 68.1 Å². The second kappa shape index (κ2) is 7.24. The summed E-state index contributed by atoms with van der Waals surface area (Å²) < 4.78 is 11.7. The van der Waals surface area contributed by atoms with Gasteiger partial charge in [0, 0.05) is 33.6 Å². The lowest BCUT2D eigenvalue weighted by Crippen LogP contribution is -2.49. The molecule has 6 heteroatoms. The summed E-state index contributed by atoms with van der Waals surface area (Å²) in [6, 6.07) is 11.5. The third kappa shape index (κ3) is 3.31. The number of halogens is 1. The van der Waals surface area contributed by atoms with Crippen molar-refractivity contribution in [2.45, 2.75) is 50.7 Å². The van der Waals surface area contributed by atoms with Crippen LogP contribution in [0, 0.1) is 6.92 Å². The number of benzene rings is 2. The zero-order valence-corrected chi connectivity index (χ0v) is 17.9. The van der Waals surface area contributed by atoms with Crippen LogP contribution in [0.2, 0.25) is 5.02 Å². The molecule has 1 fully saturated rings. The maximum absolute atomic E-state index is 13.1. The van der Waals surface area contributed by atoms with Crippen molar-refractivity contribution in [1.29, 1.82) is 0 Å². The molecule has 1 amide bonds. The predicted octanol–water partition coefficient (Wildman–Crippen LogP) is 5.24. The van der Waals surface area contributed by atoms with E-state index in [-0.39, 0.29) is 17.6 Å². The molecule has 1 atom stereocenters. The molecule has 0 saturated heterocycles. The molecule has 2 heterocycles. The zero-order valence-electron chi connectivity index (χ0n) is 17.2. The van der Waals surface area contributed by atoms with Crippen LogP contribution in [0.5, 0.6) is 11.5 Å². The van der Waals surface area contributed by atoms with Crippen molar-refractivity contribution >= 4 is 28.4 Å². The van der Waals surface area contributed by atoms with Crippen LogP contribution >= 0.6 is 11.6 Å². The average molecular weight is 425 g/mol. The first kappa shape index (κ1) is 19.3. The van der Waals surface area contributed by atoms with E-state index in [2.05, 4.69) is 10.3 Å². The molecule has 0 radical (unpaired) electrons. The second-order valence-corrected chi connectivity index (χ2v) is 8.90. The summed E-state index contributed by atoms with van der Waals surface area (Å²) in [5.41, 5.74) is 3.82. The average Bonchev–Trinajstić information content (AvgIpc) is 3.01. The first-order valence-corrected chi connectivity index (χ1v) is 10.8. The smallest absolute Gasteiger partial charge is 0.224 e. The Hall–Kier alpha value is -2.66. The first-order chi connectivity index (χ1) is 14.5. The summed E-state index contributed by atoms with van der Waals surface area (Å²) in [5.74, 6) is 1.61. The van der Waals surface area contributed by atoms with Gasteiger partial charge < -0.3 is 19.8 Å². The number of amides is 1. The number of nitrogens with one attached hydrogen (secondary N) is 2. The number of hydrogen-bond acceptors (Lipinski definition) is 3. The number of aromatic nitrogens is 1. The molecule has 1 unspecified atom stereocenters. The van der Waals surface area contributed by atoms with Gasteiger partial charge in [0.2, 0.25) is 5.91 Å².